The predicted octanol–water partition coefficient (Wildman–Crippen LogP) is 3.18. The van der Waals surface area contributed by atoms with E-state index in [1.807, 2.05) is 6.92 Å². The first kappa shape index (κ1) is 19.5. The molecule has 2 saturated heterocycles. The summed E-state index contributed by atoms with van der Waals surface area (Å²) in [4.78, 5) is 31.9. The Morgan fingerprint density at radius 1 is 1.17 bits per heavy atom. The van der Waals surface area contributed by atoms with Gasteiger partial charge < -0.3 is 14.9 Å². The van der Waals surface area contributed by atoms with E-state index in [-0.39, 0.29) is 12.0 Å². The summed E-state index contributed by atoms with van der Waals surface area (Å²) in [5, 5.41) is 9.10. The van der Waals surface area contributed by atoms with Gasteiger partial charge in [-0.2, -0.15) is 18.2 Å². The summed E-state index contributed by atoms with van der Waals surface area (Å²) in [6, 6.07) is 3.96. The van der Waals surface area contributed by atoms with Crippen LogP contribution in [0.25, 0.3) is 5.69 Å². The standard InChI is InChI=1S/C18H17F3N4O3S/c1-10-6-24(13-4-2-12(3-5-13)18(19,20)21)16(29-10)22-15(26)23-7-11-8-25(17(27)28)14(11)9-23/h2-6,11,14H,7-9H2,1H3,(H,27,28)/b22-16-/t11-,14-/m0/s1. The lowest BCUT2D eigenvalue weighted by molar-refractivity contribution is -0.137. The summed E-state index contributed by atoms with van der Waals surface area (Å²) in [6.07, 6.45) is -3.71. The molecule has 0 radical (unpaired) electrons. The molecule has 29 heavy (non-hydrogen) atoms. The maximum Gasteiger partial charge on any atom is 0.416 e. The lowest BCUT2D eigenvalue weighted by Crippen LogP contribution is -2.57. The van der Waals surface area contributed by atoms with Gasteiger partial charge in [0.05, 0.1) is 11.6 Å². The summed E-state index contributed by atoms with van der Waals surface area (Å²) in [7, 11) is 0. The molecule has 11 heteroatoms. The second-order valence-electron chi connectivity index (χ2n) is 7.10. The summed E-state index contributed by atoms with van der Waals surface area (Å²) >= 11 is 1.25. The third-order valence-corrected chi connectivity index (χ3v) is 6.09. The Morgan fingerprint density at radius 2 is 1.86 bits per heavy atom. The minimum Gasteiger partial charge on any atom is -0.465 e. The molecule has 0 saturated carbocycles. The second-order valence-corrected chi connectivity index (χ2v) is 8.31. The van der Waals surface area contributed by atoms with Crippen LogP contribution in [0.5, 0.6) is 0 Å². The average Bonchev–Trinajstić information content (AvgIpc) is 3.14. The zero-order valence-electron chi connectivity index (χ0n) is 15.3. The number of carbonyl (C=O) groups is 2. The number of aromatic nitrogens is 1. The van der Waals surface area contributed by atoms with Crippen LogP contribution in [0.4, 0.5) is 22.8 Å². The van der Waals surface area contributed by atoms with Crippen LogP contribution in [0.2, 0.25) is 0 Å². The van der Waals surface area contributed by atoms with Crippen LogP contribution in [0, 0.1) is 12.8 Å². The van der Waals surface area contributed by atoms with E-state index in [2.05, 4.69) is 4.99 Å². The molecule has 1 aromatic heterocycles. The average molecular weight is 426 g/mol. The van der Waals surface area contributed by atoms with Crippen molar-refractivity contribution in [2.75, 3.05) is 19.6 Å². The molecule has 0 spiro atoms. The fourth-order valence-corrected chi connectivity index (χ4v) is 4.52. The normalized spacial score (nSPS) is 21.9. The van der Waals surface area contributed by atoms with E-state index in [9.17, 15) is 22.8 Å². The molecule has 154 valence electrons. The molecule has 2 fully saturated rings. The van der Waals surface area contributed by atoms with Crippen LogP contribution in [0.15, 0.2) is 35.5 Å². The number of likely N-dealkylation sites (tertiary alicyclic amines) is 2. The highest BCUT2D eigenvalue weighted by Gasteiger charge is 2.49. The number of hydrogen-bond acceptors (Lipinski definition) is 3. The van der Waals surface area contributed by atoms with Gasteiger partial charge >= 0.3 is 18.3 Å². The lowest BCUT2D eigenvalue weighted by Gasteiger charge is -2.40. The predicted molar refractivity (Wildman–Crippen MR) is 97.9 cm³/mol. The molecule has 1 aromatic carbocycles. The number of benzene rings is 1. The first-order valence-corrected chi connectivity index (χ1v) is 9.65. The van der Waals surface area contributed by atoms with Gasteiger partial charge in [0.25, 0.3) is 0 Å². The molecule has 3 heterocycles. The fraction of sp³-hybridized carbons (Fsp3) is 0.389. The second kappa shape index (κ2) is 6.90. The monoisotopic (exact) mass is 426 g/mol. The van der Waals surface area contributed by atoms with Crippen molar-refractivity contribution >= 4 is 23.5 Å². The minimum absolute atomic E-state index is 0.123. The van der Waals surface area contributed by atoms with Gasteiger partial charge in [-0.15, -0.1) is 11.3 Å². The van der Waals surface area contributed by atoms with Crippen molar-refractivity contribution in [3.8, 4) is 5.69 Å². The quantitative estimate of drug-likeness (QED) is 0.761. The Hall–Kier alpha value is -2.82. The summed E-state index contributed by atoms with van der Waals surface area (Å²) in [5.41, 5.74) is -0.286. The fourth-order valence-electron chi connectivity index (χ4n) is 3.69. The topological polar surface area (TPSA) is 78.1 Å². The van der Waals surface area contributed by atoms with E-state index < -0.39 is 23.9 Å². The number of thiazole rings is 1. The molecule has 2 atom stereocenters. The van der Waals surface area contributed by atoms with E-state index in [1.165, 1.54) is 33.3 Å². The first-order chi connectivity index (χ1) is 13.6. The Morgan fingerprint density at radius 3 is 2.48 bits per heavy atom. The minimum atomic E-state index is -4.42. The third-order valence-electron chi connectivity index (χ3n) is 5.19. The smallest absolute Gasteiger partial charge is 0.416 e. The summed E-state index contributed by atoms with van der Waals surface area (Å²) in [5.74, 6) is 0.123. The number of nitrogens with zero attached hydrogens (tertiary/aromatic N) is 4. The van der Waals surface area contributed by atoms with Gasteiger partial charge in [-0.1, -0.05) is 0 Å². The molecule has 2 aliphatic rings. The third kappa shape index (κ3) is 3.61. The molecule has 0 aliphatic carbocycles. The van der Waals surface area contributed by atoms with Crippen LogP contribution in [-0.2, 0) is 6.18 Å². The number of carbonyl (C=O) groups excluding carboxylic acids is 1. The van der Waals surface area contributed by atoms with E-state index >= 15 is 0 Å². The van der Waals surface area contributed by atoms with Gasteiger partial charge in [0.1, 0.15) is 0 Å². The highest BCUT2D eigenvalue weighted by atomic mass is 32.1. The largest absolute Gasteiger partial charge is 0.465 e. The summed E-state index contributed by atoms with van der Waals surface area (Å²) < 4.78 is 39.9. The van der Waals surface area contributed by atoms with Crippen molar-refractivity contribution in [2.24, 2.45) is 10.9 Å². The maximum absolute atomic E-state index is 12.8. The van der Waals surface area contributed by atoms with E-state index in [0.717, 1.165) is 17.0 Å². The maximum atomic E-state index is 12.8. The van der Waals surface area contributed by atoms with Crippen molar-refractivity contribution in [3.63, 3.8) is 0 Å². The van der Waals surface area contributed by atoms with Crippen molar-refractivity contribution in [3.05, 3.63) is 45.7 Å². The van der Waals surface area contributed by atoms with Crippen LogP contribution in [0.1, 0.15) is 10.4 Å². The number of hydrogen-bond donors (Lipinski definition) is 1. The number of carboxylic acid groups (broad SMARTS) is 1. The highest BCUT2D eigenvalue weighted by molar-refractivity contribution is 7.09. The molecule has 1 N–H and O–H groups in total. The number of alkyl halides is 3. The van der Waals surface area contributed by atoms with Gasteiger partial charge in [-0.3, -0.25) is 4.57 Å². The Labute approximate surface area is 167 Å². The van der Waals surface area contributed by atoms with Gasteiger partial charge in [0.2, 0.25) is 0 Å². The number of aryl methyl sites for hydroxylation is 1. The van der Waals surface area contributed by atoms with Crippen LogP contribution in [0.3, 0.4) is 0 Å². The SMILES string of the molecule is Cc1cn(-c2ccc(C(F)(F)F)cc2)/c(=N/C(=O)N2C[C@H]3CN(C(=O)O)[C@H]3C2)s1. The molecular formula is C18H17F3N4O3S. The van der Waals surface area contributed by atoms with Gasteiger partial charge in [0, 0.05) is 42.3 Å². The van der Waals surface area contributed by atoms with Crippen molar-refractivity contribution < 1.29 is 27.9 Å². The van der Waals surface area contributed by atoms with Crippen molar-refractivity contribution in [1.82, 2.24) is 14.4 Å². The van der Waals surface area contributed by atoms with Crippen LogP contribution in [-0.4, -0.2) is 57.3 Å². The van der Waals surface area contributed by atoms with Gasteiger partial charge in [-0.25, -0.2) is 9.59 Å². The number of urea groups is 1. The molecule has 4 rings (SSSR count). The number of rotatable bonds is 1. The zero-order valence-corrected chi connectivity index (χ0v) is 16.1. The van der Waals surface area contributed by atoms with Crippen molar-refractivity contribution in [2.45, 2.75) is 19.1 Å². The number of halogens is 3. The molecule has 7 nitrogen and oxygen atoms in total. The summed E-state index contributed by atoms with van der Waals surface area (Å²) in [6.45, 7) is 2.97. The van der Waals surface area contributed by atoms with Crippen LogP contribution >= 0.6 is 11.3 Å². The Balaban J connectivity index is 1.58. The van der Waals surface area contributed by atoms with E-state index in [1.54, 1.807) is 10.8 Å². The zero-order chi connectivity index (χ0) is 20.9. The van der Waals surface area contributed by atoms with Crippen molar-refractivity contribution in [1.29, 1.82) is 0 Å². The molecule has 0 bridgehead atoms. The Bertz CT molecular complexity index is 1030. The molecule has 0 unspecified atom stereocenters. The highest BCUT2D eigenvalue weighted by Crippen LogP contribution is 2.32. The van der Waals surface area contributed by atoms with Gasteiger partial charge in [0.15, 0.2) is 4.80 Å². The number of amides is 3. The van der Waals surface area contributed by atoms with E-state index in [0.29, 0.717) is 30.1 Å². The van der Waals surface area contributed by atoms with E-state index in [4.69, 9.17) is 5.11 Å². The first-order valence-electron chi connectivity index (χ1n) is 8.83. The van der Waals surface area contributed by atoms with Gasteiger partial charge in [-0.05, 0) is 31.2 Å². The molecule has 3 amide bonds. The Kier molecular flexibility index (Phi) is 4.64. The molecular weight excluding hydrogens is 409 g/mol. The lowest BCUT2D eigenvalue weighted by atomic mass is 9.93. The van der Waals surface area contributed by atoms with Crippen LogP contribution < -0.4 is 4.80 Å². The molecule has 2 aliphatic heterocycles. The number of fused-ring (bicyclic) bond motifs is 1. The molecule has 2 aromatic rings.